The number of pyridine rings is 1. The van der Waals surface area contributed by atoms with Crippen molar-refractivity contribution in [2.45, 2.75) is 13.8 Å². The standard InChI is InChI=1S/C14H17N3O/c1-9-4-5-11(18-3)8-13(9)17-14-7-6-12(15)10(2)16-14/h4-8H,15H2,1-3H3,(H,16,17). The molecule has 0 spiro atoms. The van der Waals surface area contributed by atoms with Crippen molar-refractivity contribution < 1.29 is 4.74 Å². The van der Waals surface area contributed by atoms with E-state index >= 15 is 0 Å². The molecule has 1 aromatic carbocycles. The quantitative estimate of drug-likeness (QED) is 0.869. The normalized spacial score (nSPS) is 10.2. The molecule has 0 bridgehead atoms. The molecular formula is C14H17N3O. The molecule has 0 saturated carbocycles. The molecule has 4 nitrogen and oxygen atoms in total. The highest BCUT2D eigenvalue weighted by Crippen LogP contribution is 2.25. The van der Waals surface area contributed by atoms with Crippen molar-refractivity contribution in [1.82, 2.24) is 4.98 Å². The van der Waals surface area contributed by atoms with Gasteiger partial charge in [-0.1, -0.05) is 6.07 Å². The summed E-state index contributed by atoms with van der Waals surface area (Å²) < 4.78 is 5.21. The lowest BCUT2D eigenvalue weighted by molar-refractivity contribution is 0.415. The minimum atomic E-state index is 0.697. The van der Waals surface area contributed by atoms with Gasteiger partial charge < -0.3 is 15.8 Å². The van der Waals surface area contributed by atoms with Crippen LogP contribution in [0.25, 0.3) is 0 Å². The van der Waals surface area contributed by atoms with Crippen molar-refractivity contribution in [3.63, 3.8) is 0 Å². The molecule has 0 unspecified atom stereocenters. The minimum absolute atomic E-state index is 0.697. The molecule has 3 N–H and O–H groups in total. The Kier molecular flexibility index (Phi) is 3.37. The Labute approximate surface area is 107 Å². The first-order valence-electron chi connectivity index (χ1n) is 5.75. The Balaban J connectivity index is 2.30. The number of nitrogens with one attached hydrogen (secondary N) is 1. The summed E-state index contributed by atoms with van der Waals surface area (Å²) in [6.45, 7) is 3.92. The van der Waals surface area contributed by atoms with Crippen molar-refractivity contribution in [2.24, 2.45) is 0 Å². The molecule has 2 aromatic rings. The zero-order valence-electron chi connectivity index (χ0n) is 10.8. The van der Waals surface area contributed by atoms with E-state index in [1.807, 2.05) is 44.2 Å². The lowest BCUT2D eigenvalue weighted by atomic mass is 10.2. The maximum Gasteiger partial charge on any atom is 0.130 e. The summed E-state index contributed by atoms with van der Waals surface area (Å²) in [4.78, 5) is 4.39. The summed E-state index contributed by atoms with van der Waals surface area (Å²) in [6, 6.07) is 9.59. The first kappa shape index (κ1) is 12.2. The third-order valence-corrected chi connectivity index (χ3v) is 2.83. The van der Waals surface area contributed by atoms with E-state index in [1.165, 1.54) is 0 Å². The second-order valence-electron chi connectivity index (χ2n) is 4.18. The molecule has 1 aromatic heterocycles. The van der Waals surface area contributed by atoms with Gasteiger partial charge in [0.05, 0.1) is 18.5 Å². The first-order valence-corrected chi connectivity index (χ1v) is 5.75. The molecule has 4 heteroatoms. The molecule has 0 aliphatic carbocycles. The van der Waals surface area contributed by atoms with Crippen LogP contribution in [0.3, 0.4) is 0 Å². The van der Waals surface area contributed by atoms with Crippen LogP contribution in [-0.4, -0.2) is 12.1 Å². The molecule has 0 aliphatic heterocycles. The van der Waals surface area contributed by atoms with Gasteiger partial charge in [0, 0.05) is 11.8 Å². The number of nitrogens with zero attached hydrogens (tertiary/aromatic N) is 1. The molecule has 0 atom stereocenters. The SMILES string of the molecule is COc1ccc(C)c(Nc2ccc(N)c(C)n2)c1. The average Bonchev–Trinajstić information content (AvgIpc) is 2.36. The van der Waals surface area contributed by atoms with Crippen molar-refractivity contribution >= 4 is 17.2 Å². The molecule has 0 amide bonds. The zero-order valence-corrected chi connectivity index (χ0v) is 10.8. The van der Waals surface area contributed by atoms with Crippen LogP contribution in [0.5, 0.6) is 5.75 Å². The maximum absolute atomic E-state index is 5.75. The van der Waals surface area contributed by atoms with Crippen LogP contribution in [0.15, 0.2) is 30.3 Å². The second-order valence-corrected chi connectivity index (χ2v) is 4.18. The number of aromatic nitrogens is 1. The number of benzene rings is 1. The summed E-state index contributed by atoms with van der Waals surface area (Å²) in [6.07, 6.45) is 0. The number of hydrogen-bond donors (Lipinski definition) is 2. The molecule has 0 saturated heterocycles. The second kappa shape index (κ2) is 4.96. The number of nitrogens with two attached hydrogens (primary N) is 1. The summed E-state index contributed by atoms with van der Waals surface area (Å²) in [5.41, 5.74) is 9.37. The van der Waals surface area contributed by atoms with Crippen molar-refractivity contribution in [3.8, 4) is 5.75 Å². The monoisotopic (exact) mass is 243 g/mol. The van der Waals surface area contributed by atoms with E-state index in [1.54, 1.807) is 7.11 Å². The van der Waals surface area contributed by atoms with Crippen LogP contribution < -0.4 is 15.8 Å². The van der Waals surface area contributed by atoms with E-state index in [2.05, 4.69) is 10.3 Å². The average molecular weight is 243 g/mol. The highest BCUT2D eigenvalue weighted by Gasteiger charge is 2.03. The Bertz CT molecular complexity index is 567. The third-order valence-electron chi connectivity index (χ3n) is 2.83. The van der Waals surface area contributed by atoms with Gasteiger partial charge in [-0.3, -0.25) is 0 Å². The summed E-state index contributed by atoms with van der Waals surface area (Å²) >= 11 is 0. The topological polar surface area (TPSA) is 60.2 Å². The lowest BCUT2D eigenvalue weighted by Crippen LogP contribution is -1.99. The summed E-state index contributed by atoms with van der Waals surface area (Å²) in [5.74, 6) is 1.59. The number of nitrogen functional groups attached to an aromatic ring is 1. The van der Waals surface area contributed by atoms with Gasteiger partial charge in [0.2, 0.25) is 0 Å². The van der Waals surface area contributed by atoms with Crippen LogP contribution in [-0.2, 0) is 0 Å². The summed E-state index contributed by atoms with van der Waals surface area (Å²) in [7, 11) is 1.65. The van der Waals surface area contributed by atoms with Crippen LogP contribution in [0.4, 0.5) is 17.2 Å². The molecular weight excluding hydrogens is 226 g/mol. The molecule has 94 valence electrons. The van der Waals surface area contributed by atoms with Crippen LogP contribution in [0.2, 0.25) is 0 Å². The fraction of sp³-hybridized carbons (Fsp3) is 0.214. The predicted octanol–water partition coefficient (Wildman–Crippen LogP) is 3.03. The Morgan fingerprint density at radius 2 is 1.94 bits per heavy atom. The van der Waals surface area contributed by atoms with E-state index in [4.69, 9.17) is 10.5 Å². The van der Waals surface area contributed by atoms with Crippen molar-refractivity contribution in [1.29, 1.82) is 0 Å². The highest BCUT2D eigenvalue weighted by molar-refractivity contribution is 5.63. The maximum atomic E-state index is 5.75. The van der Waals surface area contributed by atoms with Crippen molar-refractivity contribution in [3.05, 3.63) is 41.6 Å². The van der Waals surface area contributed by atoms with Gasteiger partial charge in [0.25, 0.3) is 0 Å². The summed E-state index contributed by atoms with van der Waals surface area (Å²) in [5, 5.41) is 3.27. The number of rotatable bonds is 3. The largest absolute Gasteiger partial charge is 0.497 e. The van der Waals surface area contributed by atoms with Gasteiger partial charge in [-0.2, -0.15) is 0 Å². The van der Waals surface area contributed by atoms with Gasteiger partial charge >= 0.3 is 0 Å². The van der Waals surface area contributed by atoms with Gasteiger partial charge in [0.1, 0.15) is 11.6 Å². The fourth-order valence-electron chi connectivity index (χ4n) is 1.64. The van der Waals surface area contributed by atoms with Gasteiger partial charge in [-0.15, -0.1) is 0 Å². The Morgan fingerprint density at radius 3 is 2.61 bits per heavy atom. The van der Waals surface area contributed by atoms with Gasteiger partial charge in [0.15, 0.2) is 0 Å². The van der Waals surface area contributed by atoms with E-state index < -0.39 is 0 Å². The number of ether oxygens (including phenoxy) is 1. The van der Waals surface area contributed by atoms with E-state index in [0.29, 0.717) is 5.69 Å². The Hall–Kier alpha value is -2.23. The minimum Gasteiger partial charge on any atom is -0.497 e. The smallest absolute Gasteiger partial charge is 0.130 e. The molecule has 0 fully saturated rings. The molecule has 1 heterocycles. The van der Waals surface area contributed by atoms with E-state index in [0.717, 1.165) is 28.5 Å². The van der Waals surface area contributed by atoms with E-state index in [9.17, 15) is 0 Å². The first-order chi connectivity index (χ1) is 8.60. The fourth-order valence-corrected chi connectivity index (χ4v) is 1.64. The highest BCUT2D eigenvalue weighted by atomic mass is 16.5. The third kappa shape index (κ3) is 2.53. The molecule has 0 aliphatic rings. The Morgan fingerprint density at radius 1 is 1.17 bits per heavy atom. The number of anilines is 3. The number of methoxy groups -OCH3 is 1. The molecule has 0 radical (unpaired) electrons. The van der Waals surface area contributed by atoms with Crippen molar-refractivity contribution in [2.75, 3.05) is 18.2 Å². The van der Waals surface area contributed by atoms with Gasteiger partial charge in [-0.05, 0) is 37.6 Å². The van der Waals surface area contributed by atoms with Crippen LogP contribution in [0.1, 0.15) is 11.3 Å². The molecule has 2 rings (SSSR count). The van der Waals surface area contributed by atoms with Crippen LogP contribution >= 0.6 is 0 Å². The molecule has 18 heavy (non-hydrogen) atoms. The lowest BCUT2D eigenvalue weighted by Gasteiger charge is -2.11. The zero-order chi connectivity index (χ0) is 13.1. The predicted molar refractivity (Wildman–Crippen MR) is 74.4 cm³/mol. The van der Waals surface area contributed by atoms with Crippen LogP contribution in [0, 0.1) is 13.8 Å². The number of aryl methyl sites for hydroxylation is 2. The van der Waals surface area contributed by atoms with E-state index in [-0.39, 0.29) is 0 Å². The van der Waals surface area contributed by atoms with Gasteiger partial charge in [-0.25, -0.2) is 4.98 Å². The number of hydrogen-bond acceptors (Lipinski definition) is 4.